The van der Waals surface area contributed by atoms with Gasteiger partial charge in [-0.25, -0.2) is 14.2 Å². The smallest absolute Gasteiger partial charge is 0.319 e. The highest BCUT2D eigenvalue weighted by Crippen LogP contribution is 2.22. The molecule has 1 aliphatic rings. The van der Waals surface area contributed by atoms with Crippen LogP contribution >= 0.6 is 22.9 Å². The normalized spacial score (nSPS) is 17.5. The van der Waals surface area contributed by atoms with Gasteiger partial charge in [-0.1, -0.05) is 42.6 Å². The molecule has 3 aromatic rings. The molecule has 0 saturated heterocycles. The van der Waals surface area contributed by atoms with E-state index in [2.05, 4.69) is 20.9 Å². The molecule has 184 valence electrons. The molecule has 35 heavy (non-hydrogen) atoms. The van der Waals surface area contributed by atoms with Crippen LogP contribution in [0.15, 0.2) is 47.8 Å². The van der Waals surface area contributed by atoms with Crippen LogP contribution in [0.25, 0.3) is 0 Å². The van der Waals surface area contributed by atoms with Gasteiger partial charge < -0.3 is 20.7 Å². The molecule has 2 atom stereocenters. The molecule has 0 bridgehead atoms. The second kappa shape index (κ2) is 11.5. The van der Waals surface area contributed by atoms with Gasteiger partial charge in [0.1, 0.15) is 17.3 Å². The van der Waals surface area contributed by atoms with Gasteiger partial charge in [0.05, 0.1) is 6.04 Å². The quantitative estimate of drug-likeness (QED) is 0.376. The molecule has 1 aromatic heterocycles. The number of para-hydroxylation sites is 1. The summed E-state index contributed by atoms with van der Waals surface area (Å²) < 4.78 is 19.2. The average Bonchev–Trinajstić information content (AvgIpc) is 3.31. The molecule has 10 heteroatoms. The predicted octanol–water partition coefficient (Wildman–Crippen LogP) is 5.69. The van der Waals surface area contributed by atoms with E-state index in [-0.39, 0.29) is 42.1 Å². The number of urea groups is 1. The van der Waals surface area contributed by atoms with E-state index < -0.39 is 5.82 Å². The average molecular weight is 517 g/mol. The van der Waals surface area contributed by atoms with Crippen molar-refractivity contribution in [1.29, 1.82) is 0 Å². The SMILES string of the molecule is Cc1ccc(NC(=O)N[C@@H]2CCCC[C@@H]2NC(=O)c2csc(COc3ccccc3F)n2)cc1Cl. The topological polar surface area (TPSA) is 92.4 Å². The molecule has 1 fully saturated rings. The van der Waals surface area contributed by atoms with E-state index in [1.165, 1.54) is 23.5 Å². The molecule has 0 unspecified atom stereocenters. The molecule has 0 spiro atoms. The third kappa shape index (κ3) is 6.70. The van der Waals surface area contributed by atoms with Crippen molar-refractivity contribution in [1.82, 2.24) is 15.6 Å². The van der Waals surface area contributed by atoms with E-state index in [1.807, 2.05) is 13.0 Å². The van der Waals surface area contributed by atoms with Gasteiger partial charge in [-0.05, 0) is 49.6 Å². The Morgan fingerprint density at radius 3 is 2.63 bits per heavy atom. The molecular weight excluding hydrogens is 491 g/mol. The van der Waals surface area contributed by atoms with Crippen molar-refractivity contribution in [2.75, 3.05) is 5.32 Å². The molecular formula is C25H26ClFN4O3S. The molecule has 0 radical (unpaired) electrons. The summed E-state index contributed by atoms with van der Waals surface area (Å²) in [5.74, 6) is -0.633. The minimum Gasteiger partial charge on any atom is -0.483 e. The molecule has 0 aliphatic heterocycles. The maximum atomic E-state index is 13.7. The summed E-state index contributed by atoms with van der Waals surface area (Å²) in [5, 5.41) is 11.6. The highest BCUT2D eigenvalue weighted by atomic mass is 35.5. The number of aryl methyl sites for hydroxylation is 1. The number of benzene rings is 2. The first-order valence-corrected chi connectivity index (χ1v) is 12.6. The molecule has 1 aliphatic carbocycles. The van der Waals surface area contributed by atoms with Gasteiger partial charge in [0.2, 0.25) is 0 Å². The Hall–Kier alpha value is -3.17. The van der Waals surface area contributed by atoms with E-state index in [0.717, 1.165) is 31.2 Å². The maximum absolute atomic E-state index is 13.7. The summed E-state index contributed by atoms with van der Waals surface area (Å²) in [4.78, 5) is 29.7. The van der Waals surface area contributed by atoms with E-state index in [0.29, 0.717) is 15.7 Å². The first kappa shape index (κ1) is 24.9. The number of halogens is 2. The fraction of sp³-hybridized carbons (Fsp3) is 0.320. The summed E-state index contributed by atoms with van der Waals surface area (Å²) in [6.07, 6.45) is 3.42. The van der Waals surface area contributed by atoms with Gasteiger partial charge in [0.15, 0.2) is 11.6 Å². The van der Waals surface area contributed by atoms with Crippen LogP contribution in [0.3, 0.4) is 0 Å². The van der Waals surface area contributed by atoms with Gasteiger partial charge in [0.25, 0.3) is 5.91 Å². The zero-order valence-corrected chi connectivity index (χ0v) is 20.7. The second-order valence-electron chi connectivity index (χ2n) is 8.38. The Morgan fingerprint density at radius 2 is 1.89 bits per heavy atom. The lowest BCUT2D eigenvalue weighted by molar-refractivity contribution is 0.0911. The van der Waals surface area contributed by atoms with Crippen LogP contribution in [0.2, 0.25) is 5.02 Å². The summed E-state index contributed by atoms with van der Waals surface area (Å²) in [5.41, 5.74) is 1.80. The van der Waals surface area contributed by atoms with Crippen LogP contribution in [0.1, 0.15) is 46.7 Å². The number of nitrogens with zero attached hydrogens (tertiary/aromatic N) is 1. The van der Waals surface area contributed by atoms with Gasteiger partial charge in [-0.3, -0.25) is 4.79 Å². The van der Waals surface area contributed by atoms with Crippen molar-refractivity contribution in [3.63, 3.8) is 0 Å². The fourth-order valence-electron chi connectivity index (χ4n) is 3.91. The number of ether oxygens (including phenoxy) is 1. The number of thiazole rings is 1. The number of aromatic nitrogens is 1. The second-order valence-corrected chi connectivity index (χ2v) is 9.73. The summed E-state index contributed by atoms with van der Waals surface area (Å²) >= 11 is 7.41. The van der Waals surface area contributed by atoms with Crippen LogP contribution in [-0.2, 0) is 6.61 Å². The van der Waals surface area contributed by atoms with E-state index in [9.17, 15) is 14.0 Å². The molecule has 7 nitrogen and oxygen atoms in total. The van der Waals surface area contributed by atoms with Crippen molar-refractivity contribution in [3.05, 3.63) is 74.9 Å². The van der Waals surface area contributed by atoms with Gasteiger partial charge >= 0.3 is 6.03 Å². The lowest BCUT2D eigenvalue weighted by Crippen LogP contribution is -2.54. The molecule has 3 amide bonds. The van der Waals surface area contributed by atoms with Crippen molar-refractivity contribution >= 4 is 40.6 Å². The molecule has 4 rings (SSSR count). The molecule has 3 N–H and O–H groups in total. The summed E-state index contributed by atoms with van der Waals surface area (Å²) in [6, 6.07) is 10.7. The number of anilines is 1. The zero-order valence-electron chi connectivity index (χ0n) is 19.1. The lowest BCUT2D eigenvalue weighted by atomic mass is 9.90. The Labute approximate surface area is 212 Å². The van der Waals surface area contributed by atoms with E-state index in [1.54, 1.807) is 29.6 Å². The Kier molecular flexibility index (Phi) is 8.20. The minimum absolute atomic E-state index is 0.0652. The number of amides is 3. The first-order valence-electron chi connectivity index (χ1n) is 11.4. The molecule has 1 saturated carbocycles. The van der Waals surface area contributed by atoms with Crippen molar-refractivity contribution in [2.45, 2.75) is 51.3 Å². The molecule has 2 aromatic carbocycles. The van der Waals surface area contributed by atoms with Crippen LogP contribution in [0, 0.1) is 12.7 Å². The summed E-state index contributed by atoms with van der Waals surface area (Å²) in [7, 11) is 0. The standard InChI is InChI=1S/C25H26ClFN4O3S/c1-15-10-11-16(12-17(15)26)28-25(33)31-20-8-4-3-7-19(20)30-24(32)21-14-35-23(29-21)13-34-22-9-5-2-6-18(22)27/h2,5-6,9-12,14,19-20H,3-4,7-8,13H2,1H3,(H,30,32)(H2,28,31,33)/t19-,20+/m0/s1. The summed E-state index contributed by atoms with van der Waals surface area (Å²) in [6.45, 7) is 1.96. The van der Waals surface area contributed by atoms with Gasteiger partial charge in [-0.15, -0.1) is 11.3 Å². The number of hydrogen-bond donors (Lipinski definition) is 3. The maximum Gasteiger partial charge on any atom is 0.319 e. The molecule has 1 heterocycles. The predicted molar refractivity (Wildman–Crippen MR) is 135 cm³/mol. The van der Waals surface area contributed by atoms with Crippen molar-refractivity contribution in [3.8, 4) is 5.75 Å². The van der Waals surface area contributed by atoms with Gasteiger partial charge in [-0.2, -0.15) is 0 Å². The lowest BCUT2D eigenvalue weighted by Gasteiger charge is -2.32. The number of carbonyl (C=O) groups excluding carboxylic acids is 2. The van der Waals surface area contributed by atoms with Gasteiger partial charge in [0, 0.05) is 22.1 Å². The largest absolute Gasteiger partial charge is 0.483 e. The van der Waals surface area contributed by atoms with Crippen LogP contribution in [-0.4, -0.2) is 29.0 Å². The van der Waals surface area contributed by atoms with Crippen molar-refractivity contribution in [2.24, 2.45) is 0 Å². The third-order valence-corrected chi connectivity index (χ3v) is 7.03. The number of rotatable bonds is 7. The fourth-order valence-corrected chi connectivity index (χ4v) is 4.77. The van der Waals surface area contributed by atoms with Crippen LogP contribution < -0.4 is 20.7 Å². The Bertz CT molecular complexity index is 1200. The first-order chi connectivity index (χ1) is 16.9. The van der Waals surface area contributed by atoms with Crippen LogP contribution in [0.4, 0.5) is 14.9 Å². The zero-order chi connectivity index (χ0) is 24.8. The van der Waals surface area contributed by atoms with Crippen molar-refractivity contribution < 1.29 is 18.7 Å². The Morgan fingerprint density at radius 1 is 1.14 bits per heavy atom. The number of hydrogen-bond acceptors (Lipinski definition) is 5. The Balaban J connectivity index is 1.32. The number of nitrogens with one attached hydrogen (secondary N) is 3. The monoisotopic (exact) mass is 516 g/mol. The minimum atomic E-state index is -0.452. The third-order valence-electron chi connectivity index (χ3n) is 5.80. The number of carbonyl (C=O) groups is 2. The highest BCUT2D eigenvalue weighted by Gasteiger charge is 2.29. The van der Waals surface area contributed by atoms with Crippen LogP contribution in [0.5, 0.6) is 5.75 Å². The van der Waals surface area contributed by atoms with E-state index in [4.69, 9.17) is 16.3 Å². The highest BCUT2D eigenvalue weighted by molar-refractivity contribution is 7.09. The van der Waals surface area contributed by atoms with E-state index >= 15 is 0 Å².